The third-order valence-corrected chi connectivity index (χ3v) is 2.84. The van der Waals surface area contributed by atoms with Gasteiger partial charge in [0, 0.05) is 12.3 Å². The second kappa shape index (κ2) is 3.60. The standard InChI is InChI=1S/C9H8N2O4S/c1-16-11-8(14)4-2-6(12)7(13)3-5(4)10-9(11)15/h2-3,12-13H,1H3,(H,10,15). The zero-order valence-electron chi connectivity index (χ0n) is 8.22. The molecule has 0 aliphatic rings. The second-order valence-electron chi connectivity index (χ2n) is 3.10. The third-order valence-electron chi connectivity index (χ3n) is 2.14. The number of phenolic OH excluding ortho intramolecular Hbond substituents is 2. The molecule has 0 unspecified atom stereocenters. The van der Waals surface area contributed by atoms with Crippen LogP contribution in [0.2, 0.25) is 0 Å². The maximum Gasteiger partial charge on any atom is 0.339 e. The Bertz CT molecular complexity index is 673. The summed E-state index contributed by atoms with van der Waals surface area (Å²) in [5.41, 5.74) is -0.910. The largest absolute Gasteiger partial charge is 0.504 e. The minimum atomic E-state index is -0.574. The third kappa shape index (κ3) is 1.45. The highest BCUT2D eigenvalue weighted by atomic mass is 32.2. The molecule has 0 spiro atoms. The Labute approximate surface area is 93.3 Å². The van der Waals surface area contributed by atoms with Gasteiger partial charge in [0.2, 0.25) is 0 Å². The molecule has 7 heteroatoms. The fraction of sp³-hybridized carbons (Fsp3) is 0.111. The average Bonchev–Trinajstić information content (AvgIpc) is 2.22. The van der Waals surface area contributed by atoms with E-state index in [2.05, 4.69) is 4.98 Å². The van der Waals surface area contributed by atoms with E-state index in [1.54, 1.807) is 6.26 Å². The quantitative estimate of drug-likeness (QED) is 0.620. The van der Waals surface area contributed by atoms with Gasteiger partial charge in [-0.3, -0.25) is 4.79 Å². The Balaban J connectivity index is 3.00. The van der Waals surface area contributed by atoms with E-state index in [0.29, 0.717) is 0 Å². The first-order valence-corrected chi connectivity index (χ1v) is 5.48. The highest BCUT2D eigenvalue weighted by Gasteiger charge is 2.10. The number of rotatable bonds is 1. The van der Waals surface area contributed by atoms with Gasteiger partial charge in [-0.05, 0) is 18.0 Å². The van der Waals surface area contributed by atoms with E-state index in [1.165, 1.54) is 0 Å². The molecule has 2 aromatic rings. The molecule has 1 aromatic carbocycles. The first-order chi connectivity index (χ1) is 7.54. The smallest absolute Gasteiger partial charge is 0.339 e. The van der Waals surface area contributed by atoms with Gasteiger partial charge < -0.3 is 15.2 Å². The van der Waals surface area contributed by atoms with E-state index in [9.17, 15) is 19.8 Å². The molecule has 3 N–H and O–H groups in total. The number of aromatic nitrogens is 2. The summed E-state index contributed by atoms with van der Waals surface area (Å²) in [6.45, 7) is 0. The number of nitrogens with one attached hydrogen (secondary N) is 1. The van der Waals surface area contributed by atoms with Crippen molar-refractivity contribution in [1.29, 1.82) is 0 Å². The molecule has 84 valence electrons. The van der Waals surface area contributed by atoms with Crippen LogP contribution in [0.3, 0.4) is 0 Å². The van der Waals surface area contributed by atoms with Crippen LogP contribution in [0, 0.1) is 0 Å². The second-order valence-corrected chi connectivity index (χ2v) is 3.83. The number of H-pyrrole nitrogens is 1. The van der Waals surface area contributed by atoms with Crippen molar-refractivity contribution in [3.8, 4) is 11.5 Å². The van der Waals surface area contributed by atoms with Gasteiger partial charge >= 0.3 is 5.69 Å². The molecule has 2 rings (SSSR count). The molecular weight excluding hydrogens is 232 g/mol. The number of aromatic amines is 1. The molecule has 16 heavy (non-hydrogen) atoms. The van der Waals surface area contributed by atoms with Gasteiger partial charge in [-0.2, -0.15) is 0 Å². The molecule has 0 aliphatic carbocycles. The van der Waals surface area contributed by atoms with Crippen LogP contribution >= 0.6 is 11.9 Å². The normalized spacial score (nSPS) is 10.8. The van der Waals surface area contributed by atoms with Crippen molar-refractivity contribution in [3.63, 3.8) is 0 Å². The number of hydrogen-bond acceptors (Lipinski definition) is 5. The van der Waals surface area contributed by atoms with Crippen LogP contribution in [0.1, 0.15) is 0 Å². The van der Waals surface area contributed by atoms with Gasteiger partial charge in [0.05, 0.1) is 10.9 Å². The Hall–Kier alpha value is -1.89. The van der Waals surface area contributed by atoms with E-state index in [4.69, 9.17) is 0 Å². The van der Waals surface area contributed by atoms with Gasteiger partial charge in [0.1, 0.15) is 0 Å². The van der Waals surface area contributed by atoms with Gasteiger partial charge in [-0.25, -0.2) is 8.77 Å². The van der Waals surface area contributed by atoms with E-state index in [-0.39, 0.29) is 16.7 Å². The van der Waals surface area contributed by atoms with Crippen LogP contribution in [0.5, 0.6) is 11.5 Å². The first kappa shape index (κ1) is 10.6. The van der Waals surface area contributed by atoms with Crippen LogP contribution in [0.15, 0.2) is 21.7 Å². The van der Waals surface area contributed by atoms with Crippen molar-refractivity contribution >= 4 is 22.9 Å². The van der Waals surface area contributed by atoms with E-state index in [0.717, 1.165) is 28.1 Å². The average molecular weight is 240 g/mol. The van der Waals surface area contributed by atoms with Crippen LogP contribution in [-0.4, -0.2) is 25.4 Å². The SMILES string of the molecule is CSn1c(=O)[nH]c2cc(O)c(O)cc2c1=O. The van der Waals surface area contributed by atoms with Crippen molar-refractivity contribution in [2.24, 2.45) is 0 Å². The van der Waals surface area contributed by atoms with Crippen LogP contribution in [0.25, 0.3) is 10.9 Å². The fourth-order valence-electron chi connectivity index (χ4n) is 1.39. The van der Waals surface area contributed by atoms with E-state index in [1.807, 2.05) is 0 Å². The van der Waals surface area contributed by atoms with E-state index >= 15 is 0 Å². The molecule has 0 saturated carbocycles. The zero-order chi connectivity index (χ0) is 11.9. The van der Waals surface area contributed by atoms with Crippen molar-refractivity contribution in [2.45, 2.75) is 0 Å². The summed E-state index contributed by atoms with van der Waals surface area (Å²) in [5.74, 6) is -0.784. The summed E-state index contributed by atoms with van der Waals surface area (Å²) in [4.78, 5) is 25.6. The molecule has 0 saturated heterocycles. The molecule has 0 atom stereocenters. The lowest BCUT2D eigenvalue weighted by Crippen LogP contribution is -2.30. The molecule has 0 fully saturated rings. The Kier molecular flexibility index (Phi) is 2.39. The molecule has 6 nitrogen and oxygen atoms in total. The number of phenols is 2. The maximum atomic E-state index is 11.8. The number of hydrogen-bond donors (Lipinski definition) is 3. The predicted molar refractivity (Wildman–Crippen MR) is 61.1 cm³/mol. The topological polar surface area (TPSA) is 95.3 Å². The maximum absolute atomic E-state index is 11.8. The lowest BCUT2D eigenvalue weighted by atomic mass is 10.2. The lowest BCUT2D eigenvalue weighted by Gasteiger charge is -2.04. The molecule has 0 bridgehead atoms. The molecule has 0 aliphatic heterocycles. The van der Waals surface area contributed by atoms with Crippen molar-refractivity contribution in [1.82, 2.24) is 8.96 Å². The Morgan fingerprint density at radius 2 is 1.88 bits per heavy atom. The van der Waals surface area contributed by atoms with Crippen LogP contribution < -0.4 is 11.2 Å². The van der Waals surface area contributed by atoms with Gasteiger partial charge in [0.25, 0.3) is 5.56 Å². The Morgan fingerprint density at radius 3 is 2.50 bits per heavy atom. The number of aromatic hydroxyl groups is 2. The minimum absolute atomic E-state index is 0.143. The summed E-state index contributed by atoms with van der Waals surface area (Å²) in [6.07, 6.45) is 1.59. The summed E-state index contributed by atoms with van der Waals surface area (Å²) < 4.78 is 0.929. The van der Waals surface area contributed by atoms with Crippen LogP contribution in [-0.2, 0) is 0 Å². The van der Waals surface area contributed by atoms with Crippen molar-refractivity contribution in [3.05, 3.63) is 33.0 Å². The van der Waals surface area contributed by atoms with Gasteiger partial charge in [-0.1, -0.05) is 0 Å². The minimum Gasteiger partial charge on any atom is -0.504 e. The molecular formula is C9H8N2O4S. The number of nitrogens with zero attached hydrogens (tertiary/aromatic N) is 1. The zero-order valence-corrected chi connectivity index (χ0v) is 9.04. The Morgan fingerprint density at radius 1 is 1.25 bits per heavy atom. The highest BCUT2D eigenvalue weighted by molar-refractivity contribution is 7.97. The number of benzene rings is 1. The molecule has 0 radical (unpaired) electrons. The summed E-state index contributed by atoms with van der Waals surface area (Å²) in [6, 6.07) is 2.26. The van der Waals surface area contributed by atoms with Gasteiger partial charge in [0.15, 0.2) is 11.5 Å². The summed E-state index contributed by atoms with van der Waals surface area (Å²) in [7, 11) is 0. The monoisotopic (exact) mass is 240 g/mol. The van der Waals surface area contributed by atoms with Gasteiger partial charge in [-0.15, -0.1) is 0 Å². The van der Waals surface area contributed by atoms with Crippen LogP contribution in [0.4, 0.5) is 0 Å². The number of fused-ring (bicyclic) bond motifs is 1. The first-order valence-electron chi connectivity index (χ1n) is 4.30. The predicted octanol–water partition coefficient (Wildman–Crippen LogP) is 0.227. The molecule has 1 heterocycles. The fourth-order valence-corrected chi connectivity index (χ4v) is 1.87. The summed E-state index contributed by atoms with van der Waals surface area (Å²) >= 11 is 0.963. The van der Waals surface area contributed by atoms with Crippen molar-refractivity contribution < 1.29 is 10.2 Å². The molecule has 0 amide bonds. The van der Waals surface area contributed by atoms with Crippen molar-refractivity contribution in [2.75, 3.05) is 6.26 Å². The lowest BCUT2D eigenvalue weighted by molar-refractivity contribution is 0.404. The summed E-state index contributed by atoms with van der Waals surface area (Å²) in [5, 5.41) is 18.7. The van der Waals surface area contributed by atoms with E-state index < -0.39 is 17.0 Å². The molecule has 1 aromatic heterocycles. The highest BCUT2D eigenvalue weighted by Crippen LogP contribution is 2.27.